The minimum absolute atomic E-state index is 0.0313. The first-order valence-corrected chi connectivity index (χ1v) is 13.4. The molecule has 0 bridgehead atoms. The van der Waals surface area contributed by atoms with E-state index in [0.29, 0.717) is 22.2 Å². The van der Waals surface area contributed by atoms with Crippen LogP contribution in [0.4, 0.5) is 5.69 Å². The second-order valence-corrected chi connectivity index (χ2v) is 10.5. The summed E-state index contributed by atoms with van der Waals surface area (Å²) in [6.07, 6.45) is 6.02. The average Bonchev–Trinajstić information content (AvgIpc) is 3.46. The SMILES string of the molecule is O=C(NCCCCN1CCN(c2cc(Cl)cc(Cl)c2)CC1)c1ccc(-c2cn3ccsc3n2)cc1. The van der Waals surface area contributed by atoms with Crippen molar-refractivity contribution in [2.45, 2.75) is 12.8 Å². The summed E-state index contributed by atoms with van der Waals surface area (Å²) in [4.78, 5) is 22.9. The standard InChI is InChI=1S/C26H27Cl2N5OS/c27-21-15-22(28)17-23(16-21)32-11-9-31(10-12-32)8-2-1-7-29-25(34)20-5-3-19(4-6-20)24-18-33-13-14-35-26(33)30-24/h3-6,13-18H,1-2,7-12H2,(H,29,34). The lowest BCUT2D eigenvalue weighted by molar-refractivity contribution is 0.0952. The first-order valence-electron chi connectivity index (χ1n) is 11.8. The molecule has 0 saturated carbocycles. The normalized spacial score (nSPS) is 14.5. The van der Waals surface area contributed by atoms with E-state index in [-0.39, 0.29) is 5.91 Å². The number of aromatic nitrogens is 2. The smallest absolute Gasteiger partial charge is 0.251 e. The highest BCUT2D eigenvalue weighted by Gasteiger charge is 2.17. The van der Waals surface area contributed by atoms with Crippen molar-refractivity contribution in [3.8, 4) is 11.3 Å². The van der Waals surface area contributed by atoms with Gasteiger partial charge < -0.3 is 10.2 Å². The van der Waals surface area contributed by atoms with E-state index in [2.05, 4.69) is 20.1 Å². The summed E-state index contributed by atoms with van der Waals surface area (Å²) in [5.74, 6) is -0.0313. The van der Waals surface area contributed by atoms with E-state index in [1.54, 1.807) is 17.4 Å². The number of amides is 1. The molecule has 6 nitrogen and oxygen atoms in total. The predicted molar refractivity (Wildman–Crippen MR) is 145 cm³/mol. The number of hydrogen-bond acceptors (Lipinski definition) is 5. The molecule has 0 spiro atoms. The fourth-order valence-corrected chi connectivity index (χ4v) is 5.59. The number of carbonyl (C=O) groups excluding carboxylic acids is 1. The van der Waals surface area contributed by atoms with Crippen LogP contribution in [-0.4, -0.2) is 59.5 Å². The minimum atomic E-state index is -0.0313. The van der Waals surface area contributed by atoms with E-state index in [0.717, 1.165) is 67.5 Å². The van der Waals surface area contributed by atoms with Crippen LogP contribution >= 0.6 is 34.5 Å². The number of unbranched alkanes of at least 4 members (excludes halogenated alkanes) is 1. The second-order valence-electron chi connectivity index (χ2n) is 8.72. The number of hydrogen-bond donors (Lipinski definition) is 1. The van der Waals surface area contributed by atoms with Gasteiger partial charge in [-0.1, -0.05) is 35.3 Å². The monoisotopic (exact) mass is 527 g/mol. The number of thiazole rings is 1. The summed E-state index contributed by atoms with van der Waals surface area (Å²) in [5, 5.41) is 6.40. The molecule has 1 N–H and O–H groups in total. The lowest BCUT2D eigenvalue weighted by Gasteiger charge is -2.36. The van der Waals surface area contributed by atoms with E-state index in [9.17, 15) is 4.79 Å². The first-order chi connectivity index (χ1) is 17.0. The molecule has 1 fully saturated rings. The summed E-state index contributed by atoms with van der Waals surface area (Å²) < 4.78 is 2.01. The molecular weight excluding hydrogens is 501 g/mol. The Morgan fingerprint density at radius 2 is 1.74 bits per heavy atom. The maximum Gasteiger partial charge on any atom is 0.251 e. The predicted octanol–water partition coefficient (Wildman–Crippen LogP) is 5.70. The van der Waals surface area contributed by atoms with Crippen LogP contribution in [0.5, 0.6) is 0 Å². The summed E-state index contributed by atoms with van der Waals surface area (Å²) in [6, 6.07) is 13.4. The Kier molecular flexibility index (Phi) is 7.58. The highest BCUT2D eigenvalue weighted by molar-refractivity contribution is 7.15. The molecule has 2 aromatic heterocycles. The van der Waals surface area contributed by atoms with Crippen LogP contribution < -0.4 is 10.2 Å². The van der Waals surface area contributed by atoms with Crippen LogP contribution in [0, 0.1) is 0 Å². The molecule has 5 rings (SSSR count). The van der Waals surface area contributed by atoms with Gasteiger partial charge in [0.15, 0.2) is 4.96 Å². The van der Waals surface area contributed by atoms with E-state index < -0.39 is 0 Å². The van der Waals surface area contributed by atoms with Crippen LogP contribution in [0.1, 0.15) is 23.2 Å². The number of imidazole rings is 1. The molecule has 0 aliphatic carbocycles. The third-order valence-corrected chi connectivity index (χ3v) is 7.51. The van der Waals surface area contributed by atoms with Crippen molar-refractivity contribution >= 4 is 51.1 Å². The molecule has 2 aromatic carbocycles. The lowest BCUT2D eigenvalue weighted by atomic mass is 10.1. The molecule has 3 heterocycles. The molecule has 9 heteroatoms. The number of fused-ring (bicyclic) bond motifs is 1. The number of anilines is 1. The summed E-state index contributed by atoms with van der Waals surface area (Å²) in [7, 11) is 0. The van der Waals surface area contributed by atoms with Crippen molar-refractivity contribution < 1.29 is 4.79 Å². The van der Waals surface area contributed by atoms with Gasteiger partial charge in [0.05, 0.1) is 5.69 Å². The Bertz CT molecular complexity index is 1250. The maximum absolute atomic E-state index is 12.5. The molecule has 182 valence electrons. The van der Waals surface area contributed by atoms with E-state index >= 15 is 0 Å². The zero-order valence-electron chi connectivity index (χ0n) is 19.3. The average molecular weight is 529 g/mol. The van der Waals surface area contributed by atoms with Crippen molar-refractivity contribution in [3.63, 3.8) is 0 Å². The molecule has 0 atom stereocenters. The molecule has 1 amide bonds. The minimum Gasteiger partial charge on any atom is -0.369 e. The lowest BCUT2D eigenvalue weighted by Crippen LogP contribution is -2.46. The number of nitrogens with zero attached hydrogens (tertiary/aromatic N) is 4. The highest BCUT2D eigenvalue weighted by atomic mass is 35.5. The van der Waals surface area contributed by atoms with Crippen LogP contribution in [0.15, 0.2) is 60.2 Å². The van der Waals surface area contributed by atoms with Crippen molar-refractivity contribution in [2.75, 3.05) is 44.2 Å². The second kappa shape index (κ2) is 11.0. The zero-order valence-corrected chi connectivity index (χ0v) is 21.6. The number of benzene rings is 2. The molecule has 4 aromatic rings. The van der Waals surface area contributed by atoms with Crippen LogP contribution in [0.25, 0.3) is 16.2 Å². The molecule has 0 radical (unpaired) electrons. The third-order valence-electron chi connectivity index (χ3n) is 6.31. The van der Waals surface area contributed by atoms with Crippen LogP contribution in [0.2, 0.25) is 10.0 Å². The number of halogens is 2. The quantitative estimate of drug-likeness (QED) is 0.298. The highest BCUT2D eigenvalue weighted by Crippen LogP contribution is 2.26. The zero-order chi connectivity index (χ0) is 24.2. The number of rotatable bonds is 8. The molecule has 0 unspecified atom stereocenters. The van der Waals surface area contributed by atoms with Gasteiger partial charge >= 0.3 is 0 Å². The van der Waals surface area contributed by atoms with Gasteiger partial charge in [0.1, 0.15) is 0 Å². The van der Waals surface area contributed by atoms with Gasteiger partial charge in [0.25, 0.3) is 5.91 Å². The Labute approximate surface area is 219 Å². The van der Waals surface area contributed by atoms with Gasteiger partial charge in [-0.15, -0.1) is 11.3 Å². The van der Waals surface area contributed by atoms with Crippen LogP contribution in [-0.2, 0) is 0 Å². The van der Waals surface area contributed by atoms with E-state index in [1.807, 2.05) is 58.6 Å². The molecule has 1 aliphatic heterocycles. The van der Waals surface area contributed by atoms with Gasteiger partial charge in [-0.3, -0.25) is 14.1 Å². The fourth-order valence-electron chi connectivity index (χ4n) is 4.37. The van der Waals surface area contributed by atoms with E-state index in [4.69, 9.17) is 23.2 Å². The topological polar surface area (TPSA) is 52.9 Å². The third kappa shape index (κ3) is 5.98. The Balaban J connectivity index is 1.01. The maximum atomic E-state index is 12.5. The molecule has 1 aliphatic rings. The van der Waals surface area contributed by atoms with Crippen molar-refractivity contribution in [1.82, 2.24) is 19.6 Å². The first kappa shape index (κ1) is 24.1. The Morgan fingerprint density at radius 3 is 2.46 bits per heavy atom. The van der Waals surface area contributed by atoms with Crippen LogP contribution in [0.3, 0.4) is 0 Å². The van der Waals surface area contributed by atoms with Crippen molar-refractivity contribution in [2.24, 2.45) is 0 Å². The van der Waals surface area contributed by atoms with Crippen molar-refractivity contribution in [1.29, 1.82) is 0 Å². The Hall–Kier alpha value is -2.58. The van der Waals surface area contributed by atoms with Gasteiger partial charge in [0, 0.05) is 77.4 Å². The summed E-state index contributed by atoms with van der Waals surface area (Å²) in [6.45, 7) is 5.66. The van der Waals surface area contributed by atoms with Gasteiger partial charge in [-0.25, -0.2) is 4.98 Å². The fraction of sp³-hybridized carbons (Fsp3) is 0.308. The number of carbonyl (C=O) groups is 1. The molecular formula is C26H27Cl2N5OS. The molecule has 1 saturated heterocycles. The molecule has 35 heavy (non-hydrogen) atoms. The number of nitrogens with one attached hydrogen (secondary N) is 1. The van der Waals surface area contributed by atoms with E-state index in [1.165, 1.54) is 0 Å². The summed E-state index contributed by atoms with van der Waals surface area (Å²) in [5.41, 5.74) is 3.69. The largest absolute Gasteiger partial charge is 0.369 e. The Morgan fingerprint density at radius 1 is 1.00 bits per heavy atom. The van der Waals surface area contributed by atoms with Gasteiger partial charge in [-0.05, 0) is 49.7 Å². The van der Waals surface area contributed by atoms with Gasteiger partial charge in [-0.2, -0.15) is 0 Å². The number of piperazine rings is 1. The van der Waals surface area contributed by atoms with Gasteiger partial charge in [0.2, 0.25) is 0 Å². The van der Waals surface area contributed by atoms with Crippen molar-refractivity contribution in [3.05, 3.63) is 75.8 Å². The summed E-state index contributed by atoms with van der Waals surface area (Å²) >= 11 is 13.9.